The van der Waals surface area contributed by atoms with E-state index in [9.17, 15) is 9.90 Å². The van der Waals surface area contributed by atoms with Crippen LogP contribution in [0.3, 0.4) is 0 Å². The van der Waals surface area contributed by atoms with Crippen molar-refractivity contribution < 1.29 is 19.2 Å². The van der Waals surface area contributed by atoms with Crippen molar-refractivity contribution in [1.29, 1.82) is 0 Å². The highest BCUT2D eigenvalue weighted by Crippen LogP contribution is 2.45. The highest BCUT2D eigenvalue weighted by atomic mass is 32.1. The molecule has 0 amide bonds. The molecule has 2 aromatic heterocycles. The van der Waals surface area contributed by atoms with Crippen LogP contribution in [0.25, 0.3) is 10.2 Å². The molecule has 33 heavy (non-hydrogen) atoms. The van der Waals surface area contributed by atoms with Gasteiger partial charge in [-0.15, -0.1) is 0 Å². The van der Waals surface area contributed by atoms with Crippen molar-refractivity contribution >= 4 is 32.7 Å². The Morgan fingerprint density at radius 3 is 2.64 bits per heavy atom. The molecule has 1 aliphatic heterocycles. The van der Waals surface area contributed by atoms with Gasteiger partial charge in [0, 0.05) is 30.5 Å². The van der Waals surface area contributed by atoms with Gasteiger partial charge in [-0.25, -0.2) is 9.78 Å². The third kappa shape index (κ3) is 4.26. The third-order valence-corrected chi connectivity index (χ3v) is 8.42. The molecule has 0 bridgehead atoms. The molecular formula is C25H29N3O4S. The van der Waals surface area contributed by atoms with Gasteiger partial charge < -0.3 is 19.3 Å². The van der Waals surface area contributed by atoms with Crippen LogP contribution >= 0.6 is 11.3 Å². The van der Waals surface area contributed by atoms with Gasteiger partial charge in [-0.3, -0.25) is 0 Å². The van der Waals surface area contributed by atoms with Crippen LogP contribution in [0.2, 0.25) is 0 Å². The molecule has 7 nitrogen and oxygen atoms in total. The van der Waals surface area contributed by atoms with Crippen molar-refractivity contribution in [2.45, 2.75) is 75.9 Å². The topological polar surface area (TPSA) is 88.7 Å². The van der Waals surface area contributed by atoms with E-state index in [-0.39, 0.29) is 6.10 Å². The van der Waals surface area contributed by atoms with Crippen LogP contribution in [-0.2, 0) is 11.3 Å². The Hall–Kier alpha value is -2.45. The number of thiazole rings is 1. The van der Waals surface area contributed by atoms with E-state index in [0.717, 1.165) is 47.0 Å². The highest BCUT2D eigenvalue weighted by molar-refractivity contribution is 7.22. The first-order valence-corrected chi connectivity index (χ1v) is 13.0. The molecule has 0 radical (unpaired) electrons. The van der Waals surface area contributed by atoms with Gasteiger partial charge in [0.1, 0.15) is 5.76 Å². The fraction of sp³-hybridized carbons (Fsp3) is 0.560. The molecule has 1 saturated heterocycles. The number of carboxylic acids is 1. The molecule has 1 N–H and O–H groups in total. The van der Waals surface area contributed by atoms with Gasteiger partial charge in [0.05, 0.1) is 34.2 Å². The summed E-state index contributed by atoms with van der Waals surface area (Å²) in [6.45, 7) is 2.40. The minimum absolute atomic E-state index is 0.229. The van der Waals surface area contributed by atoms with Gasteiger partial charge in [0.15, 0.2) is 5.13 Å². The van der Waals surface area contributed by atoms with E-state index in [1.54, 1.807) is 29.5 Å². The van der Waals surface area contributed by atoms with E-state index >= 15 is 0 Å². The number of aromatic nitrogens is 2. The number of nitrogens with zero attached hydrogens (tertiary/aromatic N) is 3. The van der Waals surface area contributed by atoms with Crippen molar-refractivity contribution in [1.82, 2.24) is 10.1 Å². The first-order chi connectivity index (χ1) is 16.2. The normalized spacial score (nSPS) is 20.2. The Kier molecular flexibility index (Phi) is 5.58. The number of anilines is 1. The molecular weight excluding hydrogens is 438 g/mol. The van der Waals surface area contributed by atoms with Crippen molar-refractivity contribution in [2.24, 2.45) is 0 Å². The standard InChI is InChI=1S/C25H29N3O4S/c29-24(30)17-7-8-20-21(13-17)33-25(26-20)28-11-9-18(10-12-28)31-14-19-22(15-3-1-2-4-15)27-32-23(19)16-5-6-16/h7-8,13,15-16,18H,1-6,9-12,14H2,(H,29,30). The molecule has 1 aromatic carbocycles. The van der Waals surface area contributed by atoms with Crippen LogP contribution in [0.4, 0.5) is 5.13 Å². The maximum Gasteiger partial charge on any atom is 0.335 e. The third-order valence-electron chi connectivity index (χ3n) is 7.34. The molecule has 174 valence electrons. The molecule has 3 heterocycles. The van der Waals surface area contributed by atoms with Gasteiger partial charge in [-0.1, -0.05) is 29.3 Å². The van der Waals surface area contributed by atoms with Crippen molar-refractivity contribution in [3.8, 4) is 0 Å². The number of benzene rings is 1. The molecule has 0 unspecified atom stereocenters. The number of ether oxygens (including phenoxy) is 1. The zero-order chi connectivity index (χ0) is 22.4. The summed E-state index contributed by atoms with van der Waals surface area (Å²) in [7, 11) is 0. The lowest BCUT2D eigenvalue weighted by Crippen LogP contribution is -2.37. The fourth-order valence-electron chi connectivity index (χ4n) is 5.26. The van der Waals surface area contributed by atoms with Gasteiger partial charge in [0.25, 0.3) is 0 Å². The van der Waals surface area contributed by atoms with E-state index in [2.05, 4.69) is 10.1 Å². The van der Waals surface area contributed by atoms with Crippen LogP contribution in [-0.4, -0.2) is 40.4 Å². The van der Waals surface area contributed by atoms with Crippen LogP contribution in [0.1, 0.15) is 90.6 Å². The van der Waals surface area contributed by atoms with Crippen molar-refractivity contribution in [3.05, 3.63) is 40.8 Å². The Morgan fingerprint density at radius 1 is 1.12 bits per heavy atom. The number of hydrogen-bond acceptors (Lipinski definition) is 7. The van der Waals surface area contributed by atoms with Crippen LogP contribution in [0.5, 0.6) is 0 Å². The molecule has 3 fully saturated rings. The van der Waals surface area contributed by atoms with Crippen LogP contribution in [0, 0.1) is 0 Å². The predicted molar refractivity (Wildman–Crippen MR) is 126 cm³/mol. The van der Waals surface area contributed by atoms with Crippen molar-refractivity contribution in [2.75, 3.05) is 18.0 Å². The molecule has 2 aliphatic carbocycles. The summed E-state index contributed by atoms with van der Waals surface area (Å²) in [5, 5.41) is 14.7. The largest absolute Gasteiger partial charge is 0.478 e. The second-order valence-corrected chi connectivity index (χ2v) is 10.7. The quantitative estimate of drug-likeness (QED) is 0.476. The number of piperidine rings is 1. The van der Waals surface area contributed by atoms with E-state index in [1.165, 1.54) is 49.8 Å². The minimum atomic E-state index is -0.904. The van der Waals surface area contributed by atoms with E-state index in [4.69, 9.17) is 14.2 Å². The van der Waals surface area contributed by atoms with Gasteiger partial charge >= 0.3 is 5.97 Å². The Labute approximate surface area is 196 Å². The number of carboxylic acid groups (broad SMARTS) is 1. The summed E-state index contributed by atoms with van der Waals surface area (Å²) in [5.74, 6) is 1.28. The average molecular weight is 468 g/mol. The summed E-state index contributed by atoms with van der Waals surface area (Å²) in [5.41, 5.74) is 3.58. The lowest BCUT2D eigenvalue weighted by atomic mass is 9.98. The van der Waals surface area contributed by atoms with E-state index in [1.807, 2.05) is 0 Å². The molecule has 0 atom stereocenters. The molecule has 2 saturated carbocycles. The number of carbonyl (C=O) groups is 1. The van der Waals surface area contributed by atoms with Gasteiger partial charge in [-0.05, 0) is 56.7 Å². The lowest BCUT2D eigenvalue weighted by molar-refractivity contribution is 0.0240. The zero-order valence-electron chi connectivity index (χ0n) is 18.7. The second kappa shape index (κ2) is 8.72. The maximum absolute atomic E-state index is 11.2. The summed E-state index contributed by atoms with van der Waals surface area (Å²) >= 11 is 1.57. The second-order valence-electron chi connectivity index (χ2n) is 9.65. The first kappa shape index (κ1) is 21.1. The number of hydrogen-bond donors (Lipinski definition) is 1. The Morgan fingerprint density at radius 2 is 1.91 bits per heavy atom. The zero-order valence-corrected chi connectivity index (χ0v) is 19.5. The summed E-state index contributed by atoms with van der Waals surface area (Å²) < 4.78 is 13.2. The highest BCUT2D eigenvalue weighted by Gasteiger charge is 2.35. The summed E-state index contributed by atoms with van der Waals surface area (Å²) in [4.78, 5) is 18.3. The Balaban J connectivity index is 1.09. The monoisotopic (exact) mass is 467 g/mol. The predicted octanol–water partition coefficient (Wildman–Crippen LogP) is 5.70. The van der Waals surface area contributed by atoms with Crippen LogP contribution < -0.4 is 4.90 Å². The number of fused-ring (bicyclic) bond motifs is 1. The maximum atomic E-state index is 11.2. The SMILES string of the molecule is O=C(O)c1ccc2nc(N3CCC(OCc4c(C5CCCC5)noc4C4CC4)CC3)sc2c1. The summed E-state index contributed by atoms with van der Waals surface area (Å²) in [6.07, 6.45) is 9.58. The first-order valence-electron chi connectivity index (χ1n) is 12.1. The fourth-order valence-corrected chi connectivity index (χ4v) is 6.32. The van der Waals surface area contributed by atoms with Gasteiger partial charge in [-0.2, -0.15) is 0 Å². The molecule has 3 aliphatic rings. The number of aromatic carboxylic acids is 1. The Bertz CT molecular complexity index is 1150. The molecule has 3 aromatic rings. The lowest BCUT2D eigenvalue weighted by Gasteiger charge is -2.31. The van der Waals surface area contributed by atoms with E-state index in [0.29, 0.717) is 24.0 Å². The van der Waals surface area contributed by atoms with Gasteiger partial charge in [0.2, 0.25) is 0 Å². The van der Waals surface area contributed by atoms with E-state index < -0.39 is 5.97 Å². The summed E-state index contributed by atoms with van der Waals surface area (Å²) in [6, 6.07) is 5.13. The van der Waals surface area contributed by atoms with Crippen LogP contribution in [0.15, 0.2) is 22.7 Å². The average Bonchev–Trinajstić information content (AvgIpc) is 3.22. The molecule has 6 rings (SSSR count). The number of rotatable bonds is 7. The van der Waals surface area contributed by atoms with Crippen molar-refractivity contribution in [3.63, 3.8) is 0 Å². The minimum Gasteiger partial charge on any atom is -0.478 e. The molecule has 8 heteroatoms. The smallest absolute Gasteiger partial charge is 0.335 e. The molecule has 0 spiro atoms.